The summed E-state index contributed by atoms with van der Waals surface area (Å²) in [4.78, 5) is 10.9. The van der Waals surface area contributed by atoms with Crippen LogP contribution in [0.15, 0.2) is 52.7 Å². The summed E-state index contributed by atoms with van der Waals surface area (Å²) in [5, 5.41) is 26.5. The van der Waals surface area contributed by atoms with Crippen molar-refractivity contribution in [2.75, 3.05) is 0 Å². The molecular formula is C16H16N2O3. The van der Waals surface area contributed by atoms with E-state index >= 15 is 0 Å². The number of carboxylic acid groups (broad SMARTS) is 1. The van der Waals surface area contributed by atoms with E-state index in [1.54, 1.807) is 0 Å². The Bertz CT molecular complexity index is 694. The summed E-state index contributed by atoms with van der Waals surface area (Å²) in [6.07, 6.45) is 0. The molecule has 0 unspecified atom stereocenters. The normalized spacial score (nSPS) is 11.2. The molecular weight excluding hydrogens is 268 g/mol. The van der Waals surface area contributed by atoms with Crippen LogP contribution in [0.3, 0.4) is 0 Å². The predicted molar refractivity (Wildman–Crippen MR) is 79.8 cm³/mol. The van der Waals surface area contributed by atoms with Crippen LogP contribution in [0.1, 0.15) is 35.7 Å². The Morgan fingerprint density at radius 1 is 1.05 bits per heavy atom. The van der Waals surface area contributed by atoms with Crippen molar-refractivity contribution in [1.29, 1.82) is 0 Å². The molecule has 0 radical (unpaired) electrons. The van der Waals surface area contributed by atoms with Crippen LogP contribution >= 0.6 is 0 Å². The molecule has 5 nitrogen and oxygen atoms in total. The molecule has 2 rings (SSSR count). The predicted octanol–water partition coefficient (Wildman–Crippen LogP) is 4.63. The van der Waals surface area contributed by atoms with E-state index in [-0.39, 0.29) is 11.3 Å². The van der Waals surface area contributed by atoms with E-state index in [2.05, 4.69) is 24.1 Å². The average molecular weight is 284 g/mol. The van der Waals surface area contributed by atoms with Gasteiger partial charge >= 0.3 is 5.97 Å². The number of aromatic carboxylic acids is 1. The molecule has 2 N–H and O–H groups in total. The molecule has 0 bridgehead atoms. The highest BCUT2D eigenvalue weighted by Crippen LogP contribution is 2.26. The van der Waals surface area contributed by atoms with Gasteiger partial charge in [-0.3, -0.25) is 0 Å². The van der Waals surface area contributed by atoms with Gasteiger partial charge < -0.3 is 10.2 Å². The molecule has 5 heteroatoms. The zero-order valence-corrected chi connectivity index (χ0v) is 11.8. The van der Waals surface area contributed by atoms with Gasteiger partial charge in [0.1, 0.15) is 11.3 Å². The second-order valence-electron chi connectivity index (χ2n) is 4.96. The quantitative estimate of drug-likeness (QED) is 0.803. The minimum absolute atomic E-state index is 0.192. The lowest BCUT2D eigenvalue weighted by atomic mass is 10.0. The van der Waals surface area contributed by atoms with Crippen LogP contribution in [0.4, 0.5) is 11.4 Å². The summed E-state index contributed by atoms with van der Waals surface area (Å²) in [5.74, 6) is -1.10. The third-order valence-electron chi connectivity index (χ3n) is 3.03. The first kappa shape index (κ1) is 14.7. The fraction of sp³-hybridized carbons (Fsp3) is 0.188. The Hall–Kier alpha value is -2.69. The molecule has 0 saturated heterocycles. The van der Waals surface area contributed by atoms with Crippen molar-refractivity contribution in [3.05, 3.63) is 53.6 Å². The monoisotopic (exact) mass is 284 g/mol. The standard InChI is InChI=1S/C16H16N2O3/c1-10(2)11-4-3-5-12(8-11)17-18-13-6-7-15(19)14(9-13)16(20)21/h3-10,19H,1-2H3,(H,20,21)/b18-17+. The van der Waals surface area contributed by atoms with Gasteiger partial charge in [0.2, 0.25) is 0 Å². The van der Waals surface area contributed by atoms with Crippen molar-refractivity contribution in [2.24, 2.45) is 10.2 Å². The van der Waals surface area contributed by atoms with Crippen LogP contribution in [-0.4, -0.2) is 16.2 Å². The van der Waals surface area contributed by atoms with E-state index in [9.17, 15) is 9.90 Å². The Morgan fingerprint density at radius 3 is 2.33 bits per heavy atom. The Labute approximate surface area is 122 Å². The Kier molecular flexibility index (Phi) is 4.33. The first-order valence-electron chi connectivity index (χ1n) is 6.55. The first-order valence-corrected chi connectivity index (χ1v) is 6.55. The van der Waals surface area contributed by atoms with Crippen molar-refractivity contribution in [1.82, 2.24) is 0 Å². The maximum Gasteiger partial charge on any atom is 0.339 e. The second kappa shape index (κ2) is 6.17. The van der Waals surface area contributed by atoms with E-state index in [4.69, 9.17) is 5.11 Å². The topological polar surface area (TPSA) is 82.2 Å². The van der Waals surface area contributed by atoms with Gasteiger partial charge in [0.05, 0.1) is 11.4 Å². The summed E-state index contributed by atoms with van der Waals surface area (Å²) >= 11 is 0. The van der Waals surface area contributed by atoms with Gasteiger partial charge in [-0.25, -0.2) is 4.79 Å². The molecule has 2 aromatic rings. The summed E-state index contributed by atoms with van der Waals surface area (Å²) in [5.41, 5.74) is 2.04. The van der Waals surface area contributed by atoms with Crippen LogP contribution < -0.4 is 0 Å². The van der Waals surface area contributed by atoms with Gasteiger partial charge in [0.25, 0.3) is 0 Å². The maximum atomic E-state index is 10.9. The average Bonchev–Trinajstić information content (AvgIpc) is 2.46. The molecule has 0 fully saturated rings. The van der Waals surface area contributed by atoms with Gasteiger partial charge in [0, 0.05) is 0 Å². The number of hydrogen-bond donors (Lipinski definition) is 2. The zero-order chi connectivity index (χ0) is 15.4. The highest BCUT2D eigenvalue weighted by molar-refractivity contribution is 5.91. The van der Waals surface area contributed by atoms with Crippen LogP contribution in [-0.2, 0) is 0 Å². The Balaban J connectivity index is 2.27. The van der Waals surface area contributed by atoms with Crippen molar-refractivity contribution < 1.29 is 15.0 Å². The minimum atomic E-state index is -1.20. The lowest BCUT2D eigenvalue weighted by Crippen LogP contribution is -1.95. The van der Waals surface area contributed by atoms with Crippen molar-refractivity contribution in [3.8, 4) is 5.75 Å². The third-order valence-corrected chi connectivity index (χ3v) is 3.03. The zero-order valence-electron chi connectivity index (χ0n) is 11.8. The summed E-state index contributed by atoms with van der Waals surface area (Å²) in [7, 11) is 0. The van der Waals surface area contributed by atoms with E-state index < -0.39 is 5.97 Å². The molecule has 0 aliphatic rings. The van der Waals surface area contributed by atoms with E-state index in [1.807, 2.05) is 24.3 Å². The highest BCUT2D eigenvalue weighted by atomic mass is 16.4. The number of phenols is 1. The summed E-state index contributed by atoms with van der Waals surface area (Å²) in [6, 6.07) is 11.8. The lowest BCUT2D eigenvalue weighted by molar-refractivity contribution is 0.0694. The number of nitrogens with zero attached hydrogens (tertiary/aromatic N) is 2. The SMILES string of the molecule is CC(C)c1cccc(/N=N/c2ccc(O)c(C(=O)O)c2)c1. The first-order chi connectivity index (χ1) is 9.97. The largest absolute Gasteiger partial charge is 0.507 e. The third kappa shape index (κ3) is 3.66. The van der Waals surface area contributed by atoms with Gasteiger partial charge in [-0.1, -0.05) is 26.0 Å². The maximum absolute atomic E-state index is 10.9. The number of hydrogen-bond acceptors (Lipinski definition) is 4. The highest BCUT2D eigenvalue weighted by Gasteiger charge is 2.09. The fourth-order valence-corrected chi connectivity index (χ4v) is 1.82. The van der Waals surface area contributed by atoms with Gasteiger partial charge in [-0.15, -0.1) is 0 Å². The number of carboxylic acids is 1. The molecule has 0 aliphatic carbocycles. The van der Waals surface area contributed by atoms with Crippen LogP contribution in [0.2, 0.25) is 0 Å². The summed E-state index contributed by atoms with van der Waals surface area (Å²) in [6.45, 7) is 4.19. The van der Waals surface area contributed by atoms with Crippen molar-refractivity contribution >= 4 is 17.3 Å². The molecule has 21 heavy (non-hydrogen) atoms. The molecule has 0 spiro atoms. The summed E-state index contributed by atoms with van der Waals surface area (Å²) < 4.78 is 0. The lowest BCUT2D eigenvalue weighted by Gasteiger charge is -2.04. The van der Waals surface area contributed by atoms with Crippen molar-refractivity contribution in [2.45, 2.75) is 19.8 Å². The van der Waals surface area contributed by atoms with Crippen LogP contribution in [0, 0.1) is 0 Å². The van der Waals surface area contributed by atoms with Gasteiger partial charge in [0.15, 0.2) is 0 Å². The molecule has 0 saturated carbocycles. The number of azo groups is 1. The molecule has 0 heterocycles. The second-order valence-corrected chi connectivity index (χ2v) is 4.96. The smallest absolute Gasteiger partial charge is 0.339 e. The van der Waals surface area contributed by atoms with Crippen LogP contribution in [0.25, 0.3) is 0 Å². The van der Waals surface area contributed by atoms with E-state index in [0.29, 0.717) is 17.3 Å². The molecule has 2 aromatic carbocycles. The molecule has 0 atom stereocenters. The van der Waals surface area contributed by atoms with E-state index in [1.165, 1.54) is 18.2 Å². The fourth-order valence-electron chi connectivity index (χ4n) is 1.82. The number of rotatable bonds is 4. The molecule has 0 aliphatic heterocycles. The number of carbonyl (C=O) groups is 1. The van der Waals surface area contributed by atoms with Gasteiger partial charge in [-0.2, -0.15) is 10.2 Å². The number of benzene rings is 2. The van der Waals surface area contributed by atoms with Crippen LogP contribution in [0.5, 0.6) is 5.75 Å². The number of aromatic hydroxyl groups is 1. The molecule has 0 aromatic heterocycles. The van der Waals surface area contributed by atoms with Gasteiger partial charge in [-0.05, 0) is 41.8 Å². The molecule has 0 amide bonds. The minimum Gasteiger partial charge on any atom is -0.507 e. The Morgan fingerprint density at radius 2 is 1.71 bits per heavy atom. The molecule has 108 valence electrons. The van der Waals surface area contributed by atoms with Crippen molar-refractivity contribution in [3.63, 3.8) is 0 Å². The van der Waals surface area contributed by atoms with E-state index in [0.717, 1.165) is 5.56 Å².